The second-order valence-corrected chi connectivity index (χ2v) is 9.86. The van der Waals surface area contributed by atoms with Gasteiger partial charge in [0.25, 0.3) is 0 Å². The summed E-state index contributed by atoms with van der Waals surface area (Å²) in [5.41, 5.74) is 0. The van der Waals surface area contributed by atoms with Gasteiger partial charge in [-0.15, -0.1) is 11.8 Å². The number of carbonyl (C=O) groups excluding carboxylic acids is 1. The van der Waals surface area contributed by atoms with E-state index in [2.05, 4.69) is 0 Å². The highest BCUT2D eigenvalue weighted by Crippen LogP contribution is 2.23. The summed E-state index contributed by atoms with van der Waals surface area (Å²) < 4.78 is 32.5. The van der Waals surface area contributed by atoms with E-state index in [0.29, 0.717) is 36.2 Å². The number of nitrogens with zero attached hydrogens (tertiary/aromatic N) is 2. The van der Waals surface area contributed by atoms with Crippen molar-refractivity contribution in [3.05, 3.63) is 53.6 Å². The normalized spacial score (nSPS) is 15.3. The molecule has 9 heteroatoms. The topological polar surface area (TPSA) is 66.9 Å². The Kier molecular flexibility index (Phi) is 7.45. The molecule has 0 saturated carbocycles. The summed E-state index contributed by atoms with van der Waals surface area (Å²) in [5, 5.41) is 0.658. The van der Waals surface area contributed by atoms with Crippen molar-refractivity contribution in [2.45, 2.75) is 16.7 Å². The maximum absolute atomic E-state index is 12.8. The van der Waals surface area contributed by atoms with Crippen LogP contribution < -0.4 is 4.74 Å². The van der Waals surface area contributed by atoms with E-state index in [-0.39, 0.29) is 23.9 Å². The van der Waals surface area contributed by atoms with E-state index in [9.17, 15) is 13.2 Å². The lowest BCUT2D eigenvalue weighted by atomic mass is 10.3. The van der Waals surface area contributed by atoms with Crippen molar-refractivity contribution in [2.75, 3.05) is 38.5 Å². The Morgan fingerprint density at radius 3 is 2.24 bits per heavy atom. The first-order valence-corrected chi connectivity index (χ1v) is 12.1. The van der Waals surface area contributed by atoms with Crippen LogP contribution in [0, 0.1) is 0 Å². The van der Waals surface area contributed by atoms with Crippen LogP contribution in [-0.2, 0) is 14.8 Å². The van der Waals surface area contributed by atoms with E-state index >= 15 is 0 Å². The lowest BCUT2D eigenvalue weighted by molar-refractivity contribution is -0.129. The highest BCUT2D eigenvalue weighted by atomic mass is 35.5. The molecular weight excluding hydrogens is 432 g/mol. The molecule has 3 rings (SSSR count). The number of sulfonamides is 1. The quantitative estimate of drug-likeness (QED) is 0.600. The standard InChI is InChI=1S/C20H23ClN2O4S2/c1-2-27-17-5-9-19(10-6-17)29(25,26)23-13-11-22(12-14-23)20(24)15-28-18-7-3-16(21)4-8-18/h3-10H,2,11-15H2,1H3. The fourth-order valence-electron chi connectivity index (χ4n) is 2.97. The van der Waals surface area contributed by atoms with Gasteiger partial charge in [0.05, 0.1) is 17.3 Å². The Bertz CT molecular complexity index is 926. The molecule has 0 N–H and O–H groups in total. The van der Waals surface area contributed by atoms with Crippen LogP contribution in [0.2, 0.25) is 5.02 Å². The number of hydrogen-bond acceptors (Lipinski definition) is 5. The minimum atomic E-state index is -3.58. The average Bonchev–Trinajstić information content (AvgIpc) is 2.74. The minimum Gasteiger partial charge on any atom is -0.494 e. The Labute approximate surface area is 180 Å². The van der Waals surface area contributed by atoms with Crippen LogP contribution >= 0.6 is 23.4 Å². The predicted octanol–water partition coefficient (Wildman–Crippen LogP) is 3.36. The molecule has 1 aliphatic heterocycles. The van der Waals surface area contributed by atoms with Crippen LogP contribution in [0.15, 0.2) is 58.3 Å². The number of carbonyl (C=O) groups is 1. The third-order valence-corrected chi connectivity index (χ3v) is 7.70. The number of hydrogen-bond donors (Lipinski definition) is 0. The molecule has 156 valence electrons. The van der Waals surface area contributed by atoms with Crippen LogP contribution in [0.4, 0.5) is 0 Å². The maximum atomic E-state index is 12.8. The van der Waals surface area contributed by atoms with Gasteiger partial charge < -0.3 is 9.64 Å². The smallest absolute Gasteiger partial charge is 0.243 e. The summed E-state index contributed by atoms with van der Waals surface area (Å²) in [4.78, 5) is 15.4. The maximum Gasteiger partial charge on any atom is 0.243 e. The molecule has 2 aromatic carbocycles. The number of piperazine rings is 1. The van der Waals surface area contributed by atoms with Crippen molar-refractivity contribution < 1.29 is 17.9 Å². The van der Waals surface area contributed by atoms with E-state index in [1.54, 1.807) is 41.3 Å². The SMILES string of the molecule is CCOc1ccc(S(=O)(=O)N2CCN(C(=O)CSc3ccc(Cl)cc3)CC2)cc1. The zero-order chi connectivity index (χ0) is 20.9. The highest BCUT2D eigenvalue weighted by Gasteiger charge is 2.30. The van der Waals surface area contributed by atoms with Gasteiger partial charge >= 0.3 is 0 Å². The third-order valence-electron chi connectivity index (χ3n) is 4.54. The Hall–Kier alpha value is -1.74. The van der Waals surface area contributed by atoms with Gasteiger partial charge in [0, 0.05) is 36.1 Å². The Balaban J connectivity index is 1.53. The first-order chi connectivity index (χ1) is 13.9. The molecule has 0 aromatic heterocycles. The Morgan fingerprint density at radius 2 is 1.66 bits per heavy atom. The Morgan fingerprint density at radius 1 is 1.03 bits per heavy atom. The zero-order valence-electron chi connectivity index (χ0n) is 16.1. The van der Waals surface area contributed by atoms with Crippen molar-refractivity contribution >= 4 is 39.3 Å². The predicted molar refractivity (Wildman–Crippen MR) is 115 cm³/mol. The van der Waals surface area contributed by atoms with Crippen molar-refractivity contribution in [1.29, 1.82) is 0 Å². The average molecular weight is 455 g/mol. The van der Waals surface area contributed by atoms with E-state index in [0.717, 1.165) is 4.90 Å². The molecule has 1 amide bonds. The van der Waals surface area contributed by atoms with E-state index < -0.39 is 10.0 Å². The van der Waals surface area contributed by atoms with Crippen LogP contribution in [-0.4, -0.2) is 62.1 Å². The summed E-state index contributed by atoms with van der Waals surface area (Å²) in [6.45, 7) is 3.74. The molecule has 0 spiro atoms. The number of rotatable bonds is 7. The molecule has 0 unspecified atom stereocenters. The fourth-order valence-corrected chi connectivity index (χ4v) is 5.32. The van der Waals surface area contributed by atoms with Gasteiger partial charge in [-0.25, -0.2) is 8.42 Å². The minimum absolute atomic E-state index is 0.00284. The number of ether oxygens (including phenoxy) is 1. The summed E-state index contributed by atoms with van der Waals surface area (Å²) in [7, 11) is -3.58. The van der Waals surface area contributed by atoms with Crippen LogP contribution in [0.25, 0.3) is 0 Å². The first-order valence-electron chi connectivity index (χ1n) is 9.29. The molecule has 29 heavy (non-hydrogen) atoms. The third kappa shape index (κ3) is 5.66. The van der Waals surface area contributed by atoms with Gasteiger partial charge in [-0.2, -0.15) is 4.31 Å². The van der Waals surface area contributed by atoms with Gasteiger partial charge in [0.1, 0.15) is 5.75 Å². The summed E-state index contributed by atoms with van der Waals surface area (Å²) in [6, 6.07) is 13.8. The zero-order valence-corrected chi connectivity index (χ0v) is 18.5. The number of halogens is 1. The molecular formula is C20H23ClN2O4S2. The molecule has 0 aliphatic carbocycles. The van der Waals surface area contributed by atoms with Gasteiger partial charge in [-0.3, -0.25) is 4.79 Å². The lowest BCUT2D eigenvalue weighted by Gasteiger charge is -2.34. The molecule has 1 fully saturated rings. The fraction of sp³-hybridized carbons (Fsp3) is 0.350. The monoisotopic (exact) mass is 454 g/mol. The van der Waals surface area contributed by atoms with E-state index in [4.69, 9.17) is 16.3 Å². The first kappa shape index (κ1) is 22.0. The van der Waals surface area contributed by atoms with Crippen LogP contribution in [0.5, 0.6) is 5.75 Å². The molecule has 0 radical (unpaired) electrons. The van der Waals surface area contributed by atoms with Gasteiger partial charge in [0.15, 0.2) is 0 Å². The van der Waals surface area contributed by atoms with Crippen molar-refractivity contribution in [3.63, 3.8) is 0 Å². The summed E-state index contributed by atoms with van der Waals surface area (Å²) in [5.74, 6) is 0.955. The second kappa shape index (κ2) is 9.84. The van der Waals surface area contributed by atoms with Crippen LogP contribution in [0.1, 0.15) is 6.92 Å². The van der Waals surface area contributed by atoms with Crippen molar-refractivity contribution in [1.82, 2.24) is 9.21 Å². The second-order valence-electron chi connectivity index (χ2n) is 6.43. The van der Waals surface area contributed by atoms with Crippen molar-refractivity contribution in [3.8, 4) is 5.75 Å². The number of thioether (sulfide) groups is 1. The van der Waals surface area contributed by atoms with Gasteiger partial charge in [0.2, 0.25) is 15.9 Å². The number of benzene rings is 2. The van der Waals surface area contributed by atoms with Crippen molar-refractivity contribution in [2.24, 2.45) is 0 Å². The molecule has 0 atom stereocenters. The van der Waals surface area contributed by atoms with Gasteiger partial charge in [-0.1, -0.05) is 11.6 Å². The largest absolute Gasteiger partial charge is 0.494 e. The molecule has 0 bridgehead atoms. The molecule has 1 aliphatic rings. The summed E-state index contributed by atoms with van der Waals surface area (Å²) in [6.07, 6.45) is 0. The van der Waals surface area contributed by atoms with E-state index in [1.165, 1.54) is 16.1 Å². The van der Waals surface area contributed by atoms with E-state index in [1.807, 2.05) is 19.1 Å². The van der Waals surface area contributed by atoms with Crippen LogP contribution in [0.3, 0.4) is 0 Å². The lowest BCUT2D eigenvalue weighted by Crippen LogP contribution is -2.50. The molecule has 6 nitrogen and oxygen atoms in total. The number of amides is 1. The molecule has 1 heterocycles. The highest BCUT2D eigenvalue weighted by molar-refractivity contribution is 8.00. The molecule has 1 saturated heterocycles. The van der Waals surface area contributed by atoms with Gasteiger partial charge in [-0.05, 0) is 55.5 Å². The summed E-state index contributed by atoms with van der Waals surface area (Å²) >= 11 is 7.31. The molecule has 2 aromatic rings.